The van der Waals surface area contributed by atoms with Crippen molar-refractivity contribution < 1.29 is 23.8 Å². The van der Waals surface area contributed by atoms with Crippen molar-refractivity contribution in [3.8, 4) is 11.5 Å². The van der Waals surface area contributed by atoms with E-state index in [-0.39, 0.29) is 24.7 Å². The molecule has 0 amide bonds. The molecule has 6 nitrogen and oxygen atoms in total. The number of nitrogens with one attached hydrogen (secondary N) is 1. The lowest BCUT2D eigenvalue weighted by atomic mass is 9.90. The molecule has 120 valence electrons. The van der Waals surface area contributed by atoms with E-state index in [9.17, 15) is 9.59 Å². The predicted molar refractivity (Wildman–Crippen MR) is 80.3 cm³/mol. The summed E-state index contributed by atoms with van der Waals surface area (Å²) in [5.74, 6) is 0.665. The molecular weight excluding hydrogens is 286 g/mol. The average Bonchev–Trinajstić information content (AvgIpc) is 2.53. The maximum Gasteiger partial charge on any atom is 0.313 e. The fraction of sp³-hybridized carbons (Fsp3) is 0.500. The molecular formula is C16H21NO5. The van der Waals surface area contributed by atoms with Crippen LogP contribution in [0.1, 0.15) is 30.0 Å². The van der Waals surface area contributed by atoms with Gasteiger partial charge in [-0.3, -0.25) is 9.59 Å². The highest BCUT2D eigenvalue weighted by Gasteiger charge is 2.25. The summed E-state index contributed by atoms with van der Waals surface area (Å²) in [7, 11) is 4.46. The van der Waals surface area contributed by atoms with E-state index in [1.807, 2.05) is 12.1 Å². The zero-order valence-corrected chi connectivity index (χ0v) is 13.1. The van der Waals surface area contributed by atoms with Gasteiger partial charge in [0.05, 0.1) is 21.3 Å². The van der Waals surface area contributed by atoms with Crippen LogP contribution >= 0.6 is 0 Å². The highest BCUT2D eigenvalue weighted by molar-refractivity contribution is 5.95. The number of fused-ring (bicyclic) bond motifs is 1. The number of Topliss-reactive ketones (excluding diaryl/α,β-unsaturated/α-hetero) is 1. The highest BCUT2D eigenvalue weighted by atomic mass is 16.5. The van der Waals surface area contributed by atoms with E-state index in [0.717, 1.165) is 24.1 Å². The van der Waals surface area contributed by atoms with E-state index in [1.54, 1.807) is 14.2 Å². The van der Waals surface area contributed by atoms with Crippen molar-refractivity contribution in [2.45, 2.75) is 25.3 Å². The highest BCUT2D eigenvalue weighted by Crippen LogP contribution is 2.36. The SMILES string of the molecule is COC(=O)CC(=O)CC1NCCc2cc(OC)c(OC)cc21. The molecule has 0 aliphatic carbocycles. The molecule has 1 aliphatic rings. The Morgan fingerprint density at radius 2 is 1.86 bits per heavy atom. The monoisotopic (exact) mass is 307 g/mol. The van der Waals surface area contributed by atoms with Gasteiger partial charge < -0.3 is 19.5 Å². The van der Waals surface area contributed by atoms with Gasteiger partial charge in [0.2, 0.25) is 0 Å². The second-order valence-electron chi connectivity index (χ2n) is 5.16. The number of ketones is 1. The fourth-order valence-electron chi connectivity index (χ4n) is 2.68. The van der Waals surface area contributed by atoms with Crippen molar-refractivity contribution in [3.63, 3.8) is 0 Å². The zero-order valence-electron chi connectivity index (χ0n) is 13.1. The molecule has 22 heavy (non-hydrogen) atoms. The standard InChI is InChI=1S/C16H21NO5/c1-20-14-6-10-4-5-17-13(12(10)9-15(14)21-2)7-11(18)8-16(19)22-3/h6,9,13,17H,4-5,7-8H2,1-3H3. The summed E-state index contributed by atoms with van der Waals surface area (Å²) in [4.78, 5) is 23.2. The van der Waals surface area contributed by atoms with Crippen LogP contribution in [0.25, 0.3) is 0 Å². The minimum absolute atomic E-state index is 0.124. The zero-order chi connectivity index (χ0) is 16.1. The quantitative estimate of drug-likeness (QED) is 0.633. The van der Waals surface area contributed by atoms with Crippen LogP contribution in [-0.2, 0) is 20.7 Å². The van der Waals surface area contributed by atoms with Crippen LogP contribution in [0.5, 0.6) is 11.5 Å². The second kappa shape index (κ2) is 7.26. The fourth-order valence-corrected chi connectivity index (χ4v) is 2.68. The van der Waals surface area contributed by atoms with Gasteiger partial charge in [-0.1, -0.05) is 0 Å². The number of benzene rings is 1. The van der Waals surface area contributed by atoms with Crippen LogP contribution in [0.2, 0.25) is 0 Å². The number of carbonyl (C=O) groups is 2. The van der Waals surface area contributed by atoms with E-state index in [1.165, 1.54) is 7.11 Å². The number of methoxy groups -OCH3 is 3. The van der Waals surface area contributed by atoms with Gasteiger partial charge in [0.25, 0.3) is 0 Å². The lowest BCUT2D eigenvalue weighted by Crippen LogP contribution is -2.32. The number of rotatable bonds is 6. The normalized spacial score (nSPS) is 16.6. The lowest BCUT2D eigenvalue weighted by molar-refractivity contribution is -0.143. The molecule has 1 N–H and O–H groups in total. The van der Waals surface area contributed by atoms with Gasteiger partial charge >= 0.3 is 5.97 Å². The molecule has 2 rings (SSSR count). The summed E-state index contributed by atoms with van der Waals surface area (Å²) in [6, 6.07) is 3.73. The molecule has 1 aromatic rings. The molecule has 0 aromatic heterocycles. The van der Waals surface area contributed by atoms with Gasteiger partial charge in [-0.25, -0.2) is 0 Å². The van der Waals surface area contributed by atoms with Crippen molar-refractivity contribution in [2.75, 3.05) is 27.9 Å². The summed E-state index contributed by atoms with van der Waals surface area (Å²) in [5, 5.41) is 3.32. The summed E-state index contributed by atoms with van der Waals surface area (Å²) in [5.41, 5.74) is 2.15. The van der Waals surface area contributed by atoms with Crippen LogP contribution < -0.4 is 14.8 Å². The molecule has 0 spiro atoms. The Balaban J connectivity index is 2.20. The van der Waals surface area contributed by atoms with Gasteiger partial charge in [0, 0.05) is 12.5 Å². The van der Waals surface area contributed by atoms with E-state index >= 15 is 0 Å². The van der Waals surface area contributed by atoms with Gasteiger partial charge in [-0.15, -0.1) is 0 Å². The predicted octanol–water partition coefficient (Wildman–Crippen LogP) is 1.41. The van der Waals surface area contributed by atoms with E-state index in [2.05, 4.69) is 10.1 Å². The molecule has 0 bridgehead atoms. The van der Waals surface area contributed by atoms with Crippen LogP contribution in [0.4, 0.5) is 0 Å². The Labute approximate surface area is 129 Å². The van der Waals surface area contributed by atoms with Crippen molar-refractivity contribution in [2.24, 2.45) is 0 Å². The van der Waals surface area contributed by atoms with Crippen LogP contribution in [0.15, 0.2) is 12.1 Å². The number of ether oxygens (including phenoxy) is 3. The number of esters is 1. The smallest absolute Gasteiger partial charge is 0.313 e. The van der Waals surface area contributed by atoms with E-state index < -0.39 is 5.97 Å². The molecule has 6 heteroatoms. The number of hydrogen-bond donors (Lipinski definition) is 1. The maximum absolute atomic E-state index is 12.0. The van der Waals surface area contributed by atoms with Gasteiger partial charge in [-0.05, 0) is 36.2 Å². The molecule has 1 aromatic carbocycles. The van der Waals surface area contributed by atoms with Gasteiger partial charge in [-0.2, -0.15) is 0 Å². The first-order valence-corrected chi connectivity index (χ1v) is 7.15. The van der Waals surface area contributed by atoms with Crippen LogP contribution in [0, 0.1) is 0 Å². The Bertz CT molecular complexity index is 570. The first-order chi connectivity index (χ1) is 10.6. The minimum atomic E-state index is -0.506. The molecule has 0 saturated heterocycles. The summed E-state index contributed by atoms with van der Waals surface area (Å²) < 4.78 is 15.2. The van der Waals surface area contributed by atoms with Crippen LogP contribution in [0.3, 0.4) is 0 Å². The van der Waals surface area contributed by atoms with Gasteiger partial charge in [0.15, 0.2) is 11.5 Å². The lowest BCUT2D eigenvalue weighted by Gasteiger charge is -2.27. The summed E-state index contributed by atoms with van der Waals surface area (Å²) >= 11 is 0. The number of carbonyl (C=O) groups excluding carboxylic acids is 2. The summed E-state index contributed by atoms with van der Waals surface area (Å²) in [6.45, 7) is 0.776. The average molecular weight is 307 g/mol. The van der Waals surface area contributed by atoms with Crippen molar-refractivity contribution >= 4 is 11.8 Å². The molecule has 1 atom stereocenters. The van der Waals surface area contributed by atoms with Crippen LogP contribution in [-0.4, -0.2) is 39.6 Å². The molecule has 1 heterocycles. The Kier molecular flexibility index (Phi) is 5.38. The molecule has 1 aliphatic heterocycles. The largest absolute Gasteiger partial charge is 0.493 e. The van der Waals surface area contributed by atoms with E-state index in [4.69, 9.17) is 9.47 Å². The molecule has 0 radical (unpaired) electrons. The number of hydrogen-bond acceptors (Lipinski definition) is 6. The topological polar surface area (TPSA) is 73.9 Å². The summed E-state index contributed by atoms with van der Waals surface area (Å²) in [6.07, 6.45) is 0.909. The Hall–Kier alpha value is -2.08. The molecule has 0 fully saturated rings. The maximum atomic E-state index is 12.0. The third kappa shape index (κ3) is 3.57. The van der Waals surface area contributed by atoms with Crippen molar-refractivity contribution in [3.05, 3.63) is 23.3 Å². The van der Waals surface area contributed by atoms with E-state index in [0.29, 0.717) is 11.5 Å². The molecule has 0 saturated carbocycles. The Morgan fingerprint density at radius 3 is 2.50 bits per heavy atom. The Morgan fingerprint density at radius 1 is 1.18 bits per heavy atom. The first-order valence-electron chi connectivity index (χ1n) is 7.15. The minimum Gasteiger partial charge on any atom is -0.493 e. The third-order valence-electron chi connectivity index (χ3n) is 3.81. The van der Waals surface area contributed by atoms with Crippen molar-refractivity contribution in [1.29, 1.82) is 0 Å². The first kappa shape index (κ1) is 16.3. The van der Waals surface area contributed by atoms with Crippen molar-refractivity contribution in [1.82, 2.24) is 5.32 Å². The molecule has 1 unspecified atom stereocenters. The second-order valence-corrected chi connectivity index (χ2v) is 5.16. The van der Waals surface area contributed by atoms with Gasteiger partial charge in [0.1, 0.15) is 12.2 Å². The third-order valence-corrected chi connectivity index (χ3v) is 3.81.